The number of carbonyl (C=O) groups is 2. The third-order valence-corrected chi connectivity index (χ3v) is 4.31. The Morgan fingerprint density at radius 1 is 0.897 bits per heavy atom. The molecule has 2 rings (SSSR count). The number of amides is 3. The predicted octanol–water partition coefficient (Wildman–Crippen LogP) is 4.59. The van der Waals surface area contributed by atoms with Crippen LogP contribution in [0.1, 0.15) is 43.2 Å². The fourth-order valence-corrected chi connectivity index (χ4v) is 2.85. The second kappa shape index (κ2) is 13.6. The minimum absolute atomic E-state index is 0. The molecule has 0 bridgehead atoms. The molecular weight excluding hydrogens is 388 g/mol. The second-order valence-corrected chi connectivity index (χ2v) is 6.88. The topological polar surface area (TPSA) is 96.2 Å². The number of hydrogen-bond acceptors (Lipinski definition) is 3. The summed E-state index contributed by atoms with van der Waals surface area (Å²) in [6, 6.07) is 14.8. The van der Waals surface area contributed by atoms with Crippen LogP contribution >= 0.6 is 12.4 Å². The lowest BCUT2D eigenvalue weighted by Crippen LogP contribution is -2.23. The molecule has 0 saturated heterocycles. The van der Waals surface area contributed by atoms with E-state index in [9.17, 15) is 9.59 Å². The van der Waals surface area contributed by atoms with Gasteiger partial charge in [0.1, 0.15) is 0 Å². The van der Waals surface area contributed by atoms with Gasteiger partial charge in [-0.3, -0.25) is 4.79 Å². The average Bonchev–Trinajstić information content (AvgIpc) is 2.66. The number of aryl methyl sites for hydroxylation is 1. The van der Waals surface area contributed by atoms with E-state index in [2.05, 4.69) is 16.0 Å². The molecule has 0 aliphatic heterocycles. The van der Waals surface area contributed by atoms with E-state index in [4.69, 9.17) is 5.73 Å². The lowest BCUT2D eigenvalue weighted by atomic mass is 10.1. The molecule has 5 N–H and O–H groups in total. The van der Waals surface area contributed by atoms with Crippen LogP contribution in [0.25, 0.3) is 0 Å². The van der Waals surface area contributed by atoms with Crippen molar-refractivity contribution < 1.29 is 9.59 Å². The Balaban J connectivity index is 0.00000420. The van der Waals surface area contributed by atoms with Gasteiger partial charge in [-0.15, -0.1) is 12.4 Å². The highest BCUT2D eigenvalue weighted by atomic mass is 35.5. The van der Waals surface area contributed by atoms with E-state index >= 15 is 0 Å². The molecule has 2 aromatic carbocycles. The smallest absolute Gasteiger partial charge is 0.323 e. The van der Waals surface area contributed by atoms with E-state index in [0.29, 0.717) is 25.2 Å². The van der Waals surface area contributed by atoms with Gasteiger partial charge in [0, 0.05) is 24.3 Å². The maximum atomic E-state index is 12.2. The van der Waals surface area contributed by atoms with E-state index in [1.54, 1.807) is 0 Å². The van der Waals surface area contributed by atoms with Crippen LogP contribution < -0.4 is 21.7 Å². The van der Waals surface area contributed by atoms with Gasteiger partial charge in [0.25, 0.3) is 0 Å². The fraction of sp³-hybridized carbons (Fsp3) is 0.364. The second-order valence-electron chi connectivity index (χ2n) is 6.88. The number of nitrogens with two attached hydrogens (primary N) is 1. The first-order valence-electron chi connectivity index (χ1n) is 9.77. The molecule has 0 aromatic heterocycles. The SMILES string of the molecule is Cc1cccc(NC(=O)Nc2cccc(CNC(=O)CCCCCCN)c2)c1.Cl. The zero-order chi connectivity index (χ0) is 20.2. The Morgan fingerprint density at radius 3 is 2.24 bits per heavy atom. The highest BCUT2D eigenvalue weighted by Gasteiger charge is 2.05. The Morgan fingerprint density at radius 2 is 1.55 bits per heavy atom. The molecule has 0 fully saturated rings. The molecule has 3 amide bonds. The van der Waals surface area contributed by atoms with Crippen molar-refractivity contribution in [3.63, 3.8) is 0 Å². The highest BCUT2D eigenvalue weighted by molar-refractivity contribution is 5.99. The first kappa shape index (κ1) is 24.5. The van der Waals surface area contributed by atoms with Crippen LogP contribution in [0.3, 0.4) is 0 Å². The summed E-state index contributed by atoms with van der Waals surface area (Å²) < 4.78 is 0. The van der Waals surface area contributed by atoms with Crippen LogP contribution in [-0.4, -0.2) is 18.5 Å². The molecule has 0 unspecified atom stereocenters. The fourth-order valence-electron chi connectivity index (χ4n) is 2.85. The van der Waals surface area contributed by atoms with Crippen LogP contribution in [0.4, 0.5) is 16.2 Å². The molecule has 0 saturated carbocycles. The zero-order valence-corrected chi connectivity index (χ0v) is 17.7. The summed E-state index contributed by atoms with van der Waals surface area (Å²) in [5, 5.41) is 8.55. The monoisotopic (exact) mass is 418 g/mol. The first-order valence-corrected chi connectivity index (χ1v) is 9.77. The molecule has 158 valence electrons. The molecule has 0 aliphatic carbocycles. The van der Waals surface area contributed by atoms with Crippen LogP contribution in [-0.2, 0) is 11.3 Å². The molecule has 0 radical (unpaired) electrons. The summed E-state index contributed by atoms with van der Waals surface area (Å²) in [6.07, 6.45) is 4.52. The van der Waals surface area contributed by atoms with E-state index in [1.807, 2.05) is 55.5 Å². The molecular formula is C22H31ClN4O2. The molecule has 6 nitrogen and oxygen atoms in total. The number of nitrogens with one attached hydrogen (secondary N) is 3. The number of anilines is 2. The number of urea groups is 1. The average molecular weight is 419 g/mol. The molecule has 0 aliphatic rings. The number of carbonyl (C=O) groups excluding carboxylic acids is 2. The molecule has 0 atom stereocenters. The van der Waals surface area contributed by atoms with Gasteiger partial charge in [-0.25, -0.2) is 4.79 Å². The van der Waals surface area contributed by atoms with Gasteiger partial charge in [-0.1, -0.05) is 37.1 Å². The summed E-state index contributed by atoms with van der Waals surface area (Å²) in [5.74, 6) is 0.0447. The van der Waals surface area contributed by atoms with Gasteiger partial charge in [-0.05, 0) is 61.7 Å². The number of unbranched alkanes of at least 4 members (excludes halogenated alkanes) is 3. The number of benzene rings is 2. The lowest BCUT2D eigenvalue weighted by molar-refractivity contribution is -0.121. The minimum Gasteiger partial charge on any atom is -0.352 e. The van der Waals surface area contributed by atoms with Gasteiger partial charge in [-0.2, -0.15) is 0 Å². The number of halogens is 1. The van der Waals surface area contributed by atoms with E-state index in [0.717, 1.165) is 42.5 Å². The van der Waals surface area contributed by atoms with Gasteiger partial charge in [0.15, 0.2) is 0 Å². The predicted molar refractivity (Wildman–Crippen MR) is 121 cm³/mol. The first-order chi connectivity index (χ1) is 13.6. The number of rotatable bonds is 10. The molecule has 0 spiro atoms. The maximum Gasteiger partial charge on any atom is 0.323 e. The standard InChI is InChI=1S/C22H30N4O2.ClH/c1-17-8-6-10-19(14-17)25-22(28)26-20-11-7-9-18(15-20)16-24-21(27)12-4-2-3-5-13-23;/h6-11,14-15H,2-5,12-13,16,23H2,1H3,(H,24,27)(H2,25,26,28);1H. The summed E-state index contributed by atoms with van der Waals surface area (Å²) in [4.78, 5) is 24.1. The molecule has 0 heterocycles. The van der Waals surface area contributed by atoms with Crippen LogP contribution in [0, 0.1) is 6.92 Å². The summed E-state index contributed by atoms with van der Waals surface area (Å²) in [6.45, 7) is 3.12. The lowest BCUT2D eigenvalue weighted by Gasteiger charge is -2.10. The number of hydrogen-bond donors (Lipinski definition) is 4. The van der Waals surface area contributed by atoms with Crippen molar-refractivity contribution in [2.45, 2.75) is 45.6 Å². The third kappa shape index (κ3) is 9.96. The van der Waals surface area contributed by atoms with Gasteiger partial charge in [0.2, 0.25) is 5.91 Å². The van der Waals surface area contributed by atoms with Crippen LogP contribution in [0.5, 0.6) is 0 Å². The van der Waals surface area contributed by atoms with Crippen molar-refractivity contribution in [3.05, 3.63) is 59.7 Å². The summed E-state index contributed by atoms with van der Waals surface area (Å²) in [5.41, 5.74) is 8.90. The minimum atomic E-state index is -0.302. The van der Waals surface area contributed by atoms with E-state index in [1.165, 1.54) is 0 Å². The van der Waals surface area contributed by atoms with Crippen LogP contribution in [0.15, 0.2) is 48.5 Å². The Hall–Kier alpha value is -2.57. The normalized spacial score (nSPS) is 10.0. The zero-order valence-electron chi connectivity index (χ0n) is 16.9. The third-order valence-electron chi connectivity index (χ3n) is 4.31. The summed E-state index contributed by atoms with van der Waals surface area (Å²) >= 11 is 0. The Bertz CT molecular complexity index is 783. The molecule has 2 aromatic rings. The van der Waals surface area contributed by atoms with E-state index in [-0.39, 0.29) is 24.3 Å². The molecule has 29 heavy (non-hydrogen) atoms. The molecule has 7 heteroatoms. The van der Waals surface area contributed by atoms with Crippen molar-refractivity contribution in [2.24, 2.45) is 5.73 Å². The van der Waals surface area contributed by atoms with Crippen molar-refractivity contribution in [1.82, 2.24) is 5.32 Å². The van der Waals surface area contributed by atoms with Crippen molar-refractivity contribution in [3.8, 4) is 0 Å². The van der Waals surface area contributed by atoms with Gasteiger partial charge in [0.05, 0.1) is 0 Å². The van der Waals surface area contributed by atoms with Gasteiger partial charge < -0.3 is 21.7 Å². The highest BCUT2D eigenvalue weighted by Crippen LogP contribution is 2.13. The summed E-state index contributed by atoms with van der Waals surface area (Å²) in [7, 11) is 0. The maximum absolute atomic E-state index is 12.2. The Labute approximate surface area is 179 Å². The van der Waals surface area contributed by atoms with Crippen molar-refractivity contribution in [2.75, 3.05) is 17.2 Å². The largest absolute Gasteiger partial charge is 0.352 e. The van der Waals surface area contributed by atoms with Crippen LogP contribution in [0.2, 0.25) is 0 Å². The quantitative estimate of drug-likeness (QED) is 0.425. The van der Waals surface area contributed by atoms with Crippen molar-refractivity contribution in [1.29, 1.82) is 0 Å². The van der Waals surface area contributed by atoms with Crippen molar-refractivity contribution >= 4 is 35.7 Å². The van der Waals surface area contributed by atoms with Gasteiger partial charge >= 0.3 is 6.03 Å². The Kier molecular flexibility index (Phi) is 11.5. The van der Waals surface area contributed by atoms with E-state index < -0.39 is 0 Å².